The van der Waals surface area contributed by atoms with Gasteiger partial charge in [-0.3, -0.25) is 4.79 Å². The van der Waals surface area contributed by atoms with Crippen molar-refractivity contribution in [1.82, 2.24) is 0 Å². The van der Waals surface area contributed by atoms with Gasteiger partial charge in [0.05, 0.1) is 5.92 Å². The maximum Gasteiger partial charge on any atom is 0.314 e. The second kappa shape index (κ2) is 9.24. The van der Waals surface area contributed by atoms with E-state index >= 15 is 0 Å². The molecule has 0 unspecified atom stereocenters. The van der Waals surface area contributed by atoms with E-state index in [-0.39, 0.29) is 11.9 Å². The first-order valence-electron chi connectivity index (χ1n) is 9.67. The normalized spacial score (nSPS) is 19.3. The number of allylic oxidation sites excluding steroid dienone is 2. The molecule has 2 aromatic rings. The zero-order valence-corrected chi connectivity index (χ0v) is 16.1. The van der Waals surface area contributed by atoms with Gasteiger partial charge >= 0.3 is 5.97 Å². The van der Waals surface area contributed by atoms with Crippen molar-refractivity contribution in [3.8, 4) is 17.6 Å². The molecule has 0 spiro atoms. The predicted molar refractivity (Wildman–Crippen MR) is 109 cm³/mol. The van der Waals surface area contributed by atoms with Crippen molar-refractivity contribution in [2.24, 2.45) is 11.8 Å². The van der Waals surface area contributed by atoms with Crippen molar-refractivity contribution < 1.29 is 9.53 Å². The lowest BCUT2D eigenvalue weighted by Gasteiger charge is -2.25. The molecule has 2 heteroatoms. The molecule has 1 saturated carbocycles. The van der Waals surface area contributed by atoms with Gasteiger partial charge in [-0.2, -0.15) is 0 Å². The van der Waals surface area contributed by atoms with Gasteiger partial charge in [0.15, 0.2) is 0 Å². The molecular formula is C25H26O2. The monoisotopic (exact) mass is 358 g/mol. The van der Waals surface area contributed by atoms with Gasteiger partial charge in [0.1, 0.15) is 5.75 Å². The van der Waals surface area contributed by atoms with Crippen LogP contribution in [0.15, 0.2) is 60.7 Å². The van der Waals surface area contributed by atoms with Gasteiger partial charge in [0.2, 0.25) is 0 Å². The van der Waals surface area contributed by atoms with E-state index in [0.29, 0.717) is 11.7 Å². The number of hydrogen-bond acceptors (Lipinski definition) is 2. The Morgan fingerprint density at radius 1 is 0.926 bits per heavy atom. The Bertz CT molecular complexity index is 840. The van der Waals surface area contributed by atoms with Crippen LogP contribution in [0.1, 0.15) is 49.3 Å². The lowest BCUT2D eigenvalue weighted by atomic mass is 9.82. The van der Waals surface area contributed by atoms with Crippen LogP contribution in [0.4, 0.5) is 0 Å². The van der Waals surface area contributed by atoms with Crippen LogP contribution >= 0.6 is 0 Å². The summed E-state index contributed by atoms with van der Waals surface area (Å²) >= 11 is 0. The predicted octanol–water partition coefficient (Wildman–Crippen LogP) is 5.68. The highest BCUT2D eigenvalue weighted by Crippen LogP contribution is 2.30. The van der Waals surface area contributed by atoms with Gasteiger partial charge < -0.3 is 4.74 Å². The number of benzene rings is 2. The van der Waals surface area contributed by atoms with Crippen LogP contribution in [0, 0.1) is 30.6 Å². The maximum absolute atomic E-state index is 12.4. The largest absolute Gasteiger partial charge is 0.426 e. The number of hydrogen-bond donors (Lipinski definition) is 0. The number of carbonyl (C=O) groups is 1. The van der Waals surface area contributed by atoms with Crippen LogP contribution in [0.2, 0.25) is 0 Å². The minimum Gasteiger partial charge on any atom is -0.426 e. The SMILES string of the molecule is C/C=C/C1CCC(C(=O)Oc2ccc(C#Cc3ccc(C)cc3)cc2)CC1. The molecule has 1 fully saturated rings. The second-order valence-electron chi connectivity index (χ2n) is 7.20. The molecule has 3 rings (SSSR count). The van der Waals surface area contributed by atoms with Crippen molar-refractivity contribution in [2.45, 2.75) is 39.5 Å². The van der Waals surface area contributed by atoms with Gasteiger partial charge in [-0.05, 0) is 81.8 Å². The molecule has 0 atom stereocenters. The van der Waals surface area contributed by atoms with E-state index in [4.69, 9.17) is 4.74 Å². The van der Waals surface area contributed by atoms with E-state index in [0.717, 1.165) is 36.8 Å². The summed E-state index contributed by atoms with van der Waals surface area (Å²) in [5.74, 6) is 7.42. The fourth-order valence-electron chi connectivity index (χ4n) is 3.41. The van der Waals surface area contributed by atoms with E-state index in [2.05, 4.69) is 50.0 Å². The molecule has 0 radical (unpaired) electrons. The Labute approximate surface area is 162 Å². The fourth-order valence-corrected chi connectivity index (χ4v) is 3.41. The topological polar surface area (TPSA) is 26.3 Å². The van der Waals surface area contributed by atoms with E-state index in [1.54, 1.807) is 0 Å². The van der Waals surface area contributed by atoms with E-state index in [1.165, 1.54) is 5.56 Å². The standard InChI is InChI=1S/C25H26O2/c1-3-4-20-11-15-23(16-12-20)25(26)27-24-17-13-22(14-18-24)10-9-21-7-5-19(2)6-8-21/h3-8,13-14,17-18,20,23H,11-12,15-16H2,1-2H3/b4-3+. The molecule has 0 amide bonds. The fraction of sp³-hybridized carbons (Fsp3) is 0.320. The van der Waals surface area contributed by atoms with Crippen LogP contribution in [0.25, 0.3) is 0 Å². The molecule has 0 aromatic heterocycles. The average Bonchev–Trinajstić information content (AvgIpc) is 2.69. The van der Waals surface area contributed by atoms with Crippen molar-refractivity contribution in [3.63, 3.8) is 0 Å². The Hall–Kier alpha value is -2.79. The molecule has 0 saturated heterocycles. The highest BCUT2D eigenvalue weighted by atomic mass is 16.5. The minimum absolute atomic E-state index is 0.0208. The van der Waals surface area contributed by atoms with Gasteiger partial charge in [0, 0.05) is 11.1 Å². The summed E-state index contributed by atoms with van der Waals surface area (Å²) in [6, 6.07) is 15.6. The number of aryl methyl sites for hydroxylation is 1. The summed E-state index contributed by atoms with van der Waals surface area (Å²) in [6.45, 7) is 4.11. The van der Waals surface area contributed by atoms with Crippen molar-refractivity contribution in [2.75, 3.05) is 0 Å². The first-order valence-corrected chi connectivity index (χ1v) is 9.67. The molecule has 0 heterocycles. The third-order valence-corrected chi connectivity index (χ3v) is 5.05. The third kappa shape index (κ3) is 5.59. The van der Waals surface area contributed by atoms with Crippen molar-refractivity contribution in [3.05, 3.63) is 77.4 Å². The molecular weight excluding hydrogens is 332 g/mol. The molecule has 27 heavy (non-hydrogen) atoms. The summed E-state index contributed by atoms with van der Waals surface area (Å²) in [6.07, 6.45) is 8.31. The number of ether oxygens (including phenoxy) is 1. The average molecular weight is 358 g/mol. The van der Waals surface area contributed by atoms with Crippen LogP contribution in [0.3, 0.4) is 0 Å². The molecule has 0 bridgehead atoms. The minimum atomic E-state index is -0.104. The van der Waals surface area contributed by atoms with Crippen LogP contribution < -0.4 is 4.74 Å². The smallest absolute Gasteiger partial charge is 0.314 e. The lowest BCUT2D eigenvalue weighted by molar-refractivity contribution is -0.140. The zero-order chi connectivity index (χ0) is 19.1. The lowest BCUT2D eigenvalue weighted by Crippen LogP contribution is -2.25. The Morgan fingerprint density at radius 2 is 1.48 bits per heavy atom. The van der Waals surface area contributed by atoms with Crippen LogP contribution in [0.5, 0.6) is 5.75 Å². The van der Waals surface area contributed by atoms with Crippen molar-refractivity contribution in [1.29, 1.82) is 0 Å². The molecule has 1 aliphatic carbocycles. The van der Waals surface area contributed by atoms with Gasteiger partial charge in [0.25, 0.3) is 0 Å². The molecule has 1 aliphatic rings. The zero-order valence-electron chi connectivity index (χ0n) is 16.1. The molecule has 2 nitrogen and oxygen atoms in total. The maximum atomic E-state index is 12.4. The van der Waals surface area contributed by atoms with E-state index in [9.17, 15) is 4.79 Å². The Balaban J connectivity index is 1.55. The van der Waals surface area contributed by atoms with Gasteiger partial charge in [-0.25, -0.2) is 0 Å². The molecule has 0 N–H and O–H groups in total. The Kier molecular flexibility index (Phi) is 6.49. The number of esters is 1. The van der Waals surface area contributed by atoms with Gasteiger partial charge in [-0.15, -0.1) is 0 Å². The summed E-state index contributed by atoms with van der Waals surface area (Å²) in [5.41, 5.74) is 3.12. The highest BCUT2D eigenvalue weighted by Gasteiger charge is 2.26. The van der Waals surface area contributed by atoms with E-state index < -0.39 is 0 Å². The summed E-state index contributed by atoms with van der Waals surface area (Å²) in [4.78, 5) is 12.4. The van der Waals surface area contributed by atoms with Crippen LogP contribution in [-0.2, 0) is 4.79 Å². The molecule has 0 aliphatic heterocycles. The quantitative estimate of drug-likeness (QED) is 0.305. The van der Waals surface area contributed by atoms with Crippen molar-refractivity contribution >= 4 is 5.97 Å². The number of carbonyl (C=O) groups excluding carboxylic acids is 1. The molecule has 2 aromatic carbocycles. The third-order valence-electron chi connectivity index (χ3n) is 5.05. The number of rotatable bonds is 3. The summed E-state index contributed by atoms with van der Waals surface area (Å²) in [5, 5.41) is 0. The first-order chi connectivity index (χ1) is 13.1. The Morgan fingerprint density at radius 3 is 2.04 bits per heavy atom. The highest BCUT2D eigenvalue weighted by molar-refractivity contribution is 5.75. The first kappa shape index (κ1) is 19.0. The van der Waals surface area contributed by atoms with Gasteiger partial charge in [-0.1, -0.05) is 41.7 Å². The second-order valence-corrected chi connectivity index (χ2v) is 7.20. The van der Waals surface area contributed by atoms with E-state index in [1.807, 2.05) is 36.4 Å². The molecule has 138 valence electrons. The van der Waals surface area contributed by atoms with Crippen LogP contribution in [-0.4, -0.2) is 5.97 Å². The summed E-state index contributed by atoms with van der Waals surface area (Å²) in [7, 11) is 0. The summed E-state index contributed by atoms with van der Waals surface area (Å²) < 4.78 is 5.57.